The molecule has 0 radical (unpaired) electrons. The average Bonchev–Trinajstić information content (AvgIpc) is 2.35. The van der Waals surface area contributed by atoms with E-state index in [0.29, 0.717) is 12.1 Å². The van der Waals surface area contributed by atoms with Gasteiger partial charge in [0.05, 0.1) is 6.04 Å². The molecule has 0 spiro atoms. The number of halogens is 1. The summed E-state index contributed by atoms with van der Waals surface area (Å²) in [7, 11) is 0. The molecular formula is C12H17ClN4O3. The standard InChI is InChI=1S/C12H16N4O3.ClH/c1-7(13)11(17)15-6-8-2-4-9(5-3-8)10(14)16-12(18)19;/h2-5,7H,6,13H2,1H3,(H2,14,16)(H,15,17)(H,18,19);1H. The topological polar surface area (TPSA) is 128 Å². The molecule has 0 aliphatic carbocycles. The number of rotatable bonds is 4. The molecule has 0 fully saturated rings. The number of nitrogens with one attached hydrogen (secondary N) is 3. The first-order chi connectivity index (χ1) is 8.90. The maximum atomic E-state index is 11.3. The van der Waals surface area contributed by atoms with Gasteiger partial charge in [0.1, 0.15) is 5.84 Å². The lowest BCUT2D eigenvalue weighted by Gasteiger charge is -2.08. The average molecular weight is 301 g/mol. The molecule has 1 aromatic rings. The fourth-order valence-electron chi connectivity index (χ4n) is 1.32. The molecule has 0 aliphatic heterocycles. The van der Waals surface area contributed by atoms with E-state index in [4.69, 9.17) is 16.2 Å². The van der Waals surface area contributed by atoms with E-state index in [2.05, 4.69) is 5.32 Å². The maximum Gasteiger partial charge on any atom is 0.410 e. The molecule has 1 unspecified atom stereocenters. The van der Waals surface area contributed by atoms with Crippen LogP contribution in [0.15, 0.2) is 24.3 Å². The number of hydrogen-bond donors (Lipinski definition) is 5. The van der Waals surface area contributed by atoms with Crippen molar-refractivity contribution in [1.29, 1.82) is 5.41 Å². The Bertz CT molecular complexity index is 488. The number of benzene rings is 1. The van der Waals surface area contributed by atoms with Gasteiger partial charge in [-0.1, -0.05) is 24.3 Å². The number of carbonyl (C=O) groups is 2. The first-order valence-corrected chi connectivity index (χ1v) is 5.61. The van der Waals surface area contributed by atoms with E-state index in [0.717, 1.165) is 5.56 Å². The molecule has 0 heterocycles. The summed E-state index contributed by atoms with van der Waals surface area (Å²) in [5, 5.41) is 20.6. The van der Waals surface area contributed by atoms with Crippen LogP contribution in [0.4, 0.5) is 4.79 Å². The minimum atomic E-state index is -1.28. The van der Waals surface area contributed by atoms with Gasteiger partial charge in [-0.3, -0.25) is 15.5 Å². The second-order valence-corrected chi connectivity index (χ2v) is 4.01. The minimum absolute atomic E-state index is 0. The van der Waals surface area contributed by atoms with Crippen LogP contribution in [-0.2, 0) is 11.3 Å². The number of nitrogens with two attached hydrogens (primary N) is 1. The fraction of sp³-hybridized carbons (Fsp3) is 0.250. The lowest BCUT2D eigenvalue weighted by atomic mass is 10.1. The quantitative estimate of drug-likeness (QED) is 0.413. The third kappa shape index (κ3) is 5.68. The zero-order valence-corrected chi connectivity index (χ0v) is 11.7. The maximum absolute atomic E-state index is 11.3. The number of carbonyl (C=O) groups excluding carboxylic acids is 1. The molecule has 0 saturated heterocycles. The molecule has 110 valence electrons. The van der Waals surface area contributed by atoms with Gasteiger partial charge in [-0.2, -0.15) is 0 Å². The highest BCUT2D eigenvalue weighted by molar-refractivity contribution is 6.04. The van der Waals surface area contributed by atoms with Crippen LogP contribution < -0.4 is 16.4 Å². The van der Waals surface area contributed by atoms with E-state index < -0.39 is 12.1 Å². The van der Waals surface area contributed by atoms with Crippen molar-refractivity contribution in [3.05, 3.63) is 35.4 Å². The van der Waals surface area contributed by atoms with E-state index in [-0.39, 0.29) is 24.1 Å². The minimum Gasteiger partial charge on any atom is -0.465 e. The van der Waals surface area contributed by atoms with Crippen molar-refractivity contribution >= 4 is 30.2 Å². The van der Waals surface area contributed by atoms with Gasteiger partial charge in [0.2, 0.25) is 5.91 Å². The summed E-state index contributed by atoms with van der Waals surface area (Å²) in [6.45, 7) is 1.93. The number of hydrogen-bond acceptors (Lipinski definition) is 4. The molecule has 1 rings (SSSR count). The zero-order valence-electron chi connectivity index (χ0n) is 10.8. The highest BCUT2D eigenvalue weighted by Crippen LogP contribution is 2.04. The SMILES string of the molecule is CC(N)C(=O)NCc1ccc(C(=N)NC(=O)O)cc1.Cl. The van der Waals surface area contributed by atoms with Crippen molar-refractivity contribution in [3.63, 3.8) is 0 Å². The van der Waals surface area contributed by atoms with Crippen molar-refractivity contribution < 1.29 is 14.7 Å². The van der Waals surface area contributed by atoms with E-state index in [1.165, 1.54) is 0 Å². The lowest BCUT2D eigenvalue weighted by Crippen LogP contribution is -2.37. The van der Waals surface area contributed by atoms with Gasteiger partial charge in [0.15, 0.2) is 0 Å². The molecule has 0 aromatic heterocycles. The van der Waals surface area contributed by atoms with Gasteiger partial charge in [0, 0.05) is 12.1 Å². The molecule has 20 heavy (non-hydrogen) atoms. The van der Waals surface area contributed by atoms with Gasteiger partial charge in [-0.15, -0.1) is 12.4 Å². The predicted octanol–water partition coefficient (Wildman–Crippen LogP) is 0.665. The highest BCUT2D eigenvalue weighted by atomic mass is 35.5. The van der Waals surface area contributed by atoms with Gasteiger partial charge >= 0.3 is 6.09 Å². The van der Waals surface area contributed by atoms with Crippen LogP contribution in [0.5, 0.6) is 0 Å². The van der Waals surface area contributed by atoms with Crippen LogP contribution in [0.25, 0.3) is 0 Å². The van der Waals surface area contributed by atoms with Crippen molar-refractivity contribution in [2.24, 2.45) is 5.73 Å². The molecule has 0 bridgehead atoms. The summed E-state index contributed by atoms with van der Waals surface area (Å²) in [6, 6.07) is 6.05. The Kier molecular flexibility index (Phi) is 7.27. The van der Waals surface area contributed by atoms with Crippen molar-refractivity contribution in [3.8, 4) is 0 Å². The van der Waals surface area contributed by atoms with E-state index >= 15 is 0 Å². The smallest absolute Gasteiger partial charge is 0.410 e. The molecule has 1 aromatic carbocycles. The van der Waals surface area contributed by atoms with Crippen LogP contribution in [0.1, 0.15) is 18.1 Å². The third-order valence-electron chi connectivity index (χ3n) is 2.35. The lowest BCUT2D eigenvalue weighted by molar-refractivity contribution is -0.122. The monoisotopic (exact) mass is 300 g/mol. The third-order valence-corrected chi connectivity index (χ3v) is 2.35. The molecule has 0 saturated carbocycles. The van der Waals surface area contributed by atoms with Crippen LogP contribution in [0.3, 0.4) is 0 Å². The van der Waals surface area contributed by atoms with Crippen molar-refractivity contribution in [1.82, 2.24) is 10.6 Å². The Morgan fingerprint density at radius 1 is 1.35 bits per heavy atom. The second kappa shape index (κ2) is 8.13. The van der Waals surface area contributed by atoms with Crippen LogP contribution in [-0.4, -0.2) is 29.0 Å². The van der Waals surface area contributed by atoms with Crippen molar-refractivity contribution in [2.45, 2.75) is 19.5 Å². The molecular weight excluding hydrogens is 284 g/mol. The molecule has 7 nitrogen and oxygen atoms in total. The second-order valence-electron chi connectivity index (χ2n) is 4.01. The van der Waals surface area contributed by atoms with Crippen LogP contribution in [0.2, 0.25) is 0 Å². The van der Waals surface area contributed by atoms with Crippen LogP contribution >= 0.6 is 12.4 Å². The summed E-state index contributed by atoms with van der Waals surface area (Å²) in [5.74, 6) is -0.442. The number of amidine groups is 1. The number of carboxylic acid groups (broad SMARTS) is 1. The molecule has 6 N–H and O–H groups in total. The Hall–Kier alpha value is -2.12. The van der Waals surface area contributed by atoms with Crippen LogP contribution in [0, 0.1) is 5.41 Å². The summed E-state index contributed by atoms with van der Waals surface area (Å²) < 4.78 is 0. The first-order valence-electron chi connectivity index (χ1n) is 5.61. The molecule has 0 aliphatic rings. The summed E-state index contributed by atoms with van der Waals surface area (Å²) >= 11 is 0. The Morgan fingerprint density at radius 2 is 1.90 bits per heavy atom. The fourth-order valence-corrected chi connectivity index (χ4v) is 1.32. The summed E-state index contributed by atoms with van der Waals surface area (Å²) in [5.41, 5.74) is 6.69. The largest absolute Gasteiger partial charge is 0.465 e. The summed E-state index contributed by atoms with van der Waals surface area (Å²) in [6.07, 6.45) is -1.28. The Labute approximate surface area is 122 Å². The molecule has 1 atom stereocenters. The Balaban J connectivity index is 0.00000361. The van der Waals surface area contributed by atoms with E-state index in [1.54, 1.807) is 31.2 Å². The van der Waals surface area contributed by atoms with E-state index in [9.17, 15) is 9.59 Å². The van der Waals surface area contributed by atoms with Crippen molar-refractivity contribution in [2.75, 3.05) is 0 Å². The van der Waals surface area contributed by atoms with Gasteiger partial charge < -0.3 is 16.2 Å². The van der Waals surface area contributed by atoms with E-state index in [1.807, 2.05) is 5.32 Å². The van der Waals surface area contributed by atoms with Gasteiger partial charge in [-0.25, -0.2) is 4.79 Å². The normalized spacial score (nSPS) is 10.9. The molecule has 8 heteroatoms. The predicted molar refractivity (Wildman–Crippen MR) is 77.2 cm³/mol. The summed E-state index contributed by atoms with van der Waals surface area (Å²) in [4.78, 5) is 21.6. The number of amides is 2. The Morgan fingerprint density at radius 3 is 2.35 bits per heavy atom. The molecule has 2 amide bonds. The first kappa shape index (κ1) is 17.9. The highest BCUT2D eigenvalue weighted by Gasteiger charge is 2.07. The zero-order chi connectivity index (χ0) is 14.4. The van der Waals surface area contributed by atoms with Gasteiger partial charge in [0.25, 0.3) is 0 Å². The van der Waals surface area contributed by atoms with Gasteiger partial charge in [-0.05, 0) is 12.5 Å².